The molecule has 6 heteroatoms. The molecule has 2 aromatic rings. The van der Waals surface area contributed by atoms with Crippen LogP contribution in [0.1, 0.15) is 48.0 Å². The minimum absolute atomic E-state index is 0.224. The number of nitrogens with one attached hydrogen (secondary N) is 1. The van der Waals surface area contributed by atoms with Gasteiger partial charge >= 0.3 is 5.97 Å². The quantitative estimate of drug-likeness (QED) is 0.498. The molecule has 1 saturated heterocycles. The van der Waals surface area contributed by atoms with Crippen molar-refractivity contribution in [2.75, 3.05) is 20.1 Å². The summed E-state index contributed by atoms with van der Waals surface area (Å²) in [5.41, 5.74) is -0.591. The Bertz CT molecular complexity index is 867. The molecule has 1 fully saturated rings. The number of likely N-dealkylation sites (tertiary alicyclic amines) is 1. The second-order valence-electron chi connectivity index (χ2n) is 10.9. The van der Waals surface area contributed by atoms with Crippen molar-refractivity contribution in [3.05, 3.63) is 60.7 Å². The largest absolute Gasteiger partial charge is 0.457 e. The number of benzene rings is 2. The highest BCUT2D eigenvalue weighted by molar-refractivity contribution is 6.99. The molecule has 0 spiro atoms. The molecular formula is C27H40N2O3Si. The van der Waals surface area contributed by atoms with Crippen LogP contribution in [0.2, 0.25) is 5.04 Å². The van der Waals surface area contributed by atoms with Gasteiger partial charge in [-0.25, -0.2) is 4.79 Å². The van der Waals surface area contributed by atoms with E-state index < -0.39 is 20.1 Å². The van der Waals surface area contributed by atoms with Crippen LogP contribution >= 0.6 is 0 Å². The SMILES string of the molecule is CNC1CCN([C@@H](O[Si](c2ccccc2)(c2ccccc2)C(C)(C)C)C(=O)OC(C)(C)C)C1. The van der Waals surface area contributed by atoms with Crippen molar-refractivity contribution in [3.8, 4) is 0 Å². The zero-order chi connectivity index (χ0) is 24.3. The monoisotopic (exact) mass is 468 g/mol. The number of nitrogens with zero attached hydrogens (tertiary/aromatic N) is 1. The van der Waals surface area contributed by atoms with Crippen molar-refractivity contribution in [1.82, 2.24) is 10.2 Å². The summed E-state index contributed by atoms with van der Waals surface area (Å²) in [5, 5.41) is 5.44. The molecule has 0 amide bonds. The number of ether oxygens (including phenoxy) is 1. The first kappa shape index (κ1) is 25.6. The van der Waals surface area contributed by atoms with Crippen molar-refractivity contribution in [2.45, 2.75) is 70.9 Å². The smallest absolute Gasteiger partial charge is 0.350 e. The molecule has 0 bridgehead atoms. The molecule has 0 aliphatic carbocycles. The van der Waals surface area contributed by atoms with Gasteiger partial charge in [0.1, 0.15) is 5.60 Å². The van der Waals surface area contributed by atoms with Gasteiger partial charge in [-0.3, -0.25) is 4.90 Å². The number of likely N-dealkylation sites (N-methyl/N-ethyl adjacent to an activating group) is 1. The van der Waals surface area contributed by atoms with Crippen LogP contribution < -0.4 is 15.7 Å². The number of hydrogen-bond donors (Lipinski definition) is 1. The molecule has 0 radical (unpaired) electrons. The highest BCUT2D eigenvalue weighted by Crippen LogP contribution is 2.38. The second-order valence-corrected chi connectivity index (χ2v) is 15.2. The lowest BCUT2D eigenvalue weighted by Crippen LogP contribution is -2.70. The van der Waals surface area contributed by atoms with Gasteiger partial charge in [-0.2, -0.15) is 0 Å². The van der Waals surface area contributed by atoms with E-state index in [9.17, 15) is 4.79 Å². The van der Waals surface area contributed by atoms with E-state index in [1.54, 1.807) is 0 Å². The third-order valence-electron chi connectivity index (χ3n) is 6.27. The van der Waals surface area contributed by atoms with Crippen LogP contribution in [0.15, 0.2) is 60.7 Å². The Labute approximate surface area is 200 Å². The Kier molecular flexibility index (Phi) is 7.84. The van der Waals surface area contributed by atoms with Gasteiger partial charge < -0.3 is 14.5 Å². The number of carbonyl (C=O) groups excluding carboxylic acids is 1. The lowest BCUT2D eigenvalue weighted by molar-refractivity contribution is -0.173. The van der Waals surface area contributed by atoms with E-state index in [2.05, 4.69) is 79.5 Å². The maximum absolute atomic E-state index is 13.6. The molecule has 1 aliphatic rings. The Hall–Kier alpha value is -1.99. The first-order valence-corrected chi connectivity index (χ1v) is 13.8. The fraction of sp³-hybridized carbons (Fsp3) is 0.519. The molecule has 0 saturated carbocycles. The van der Waals surface area contributed by atoms with Crippen molar-refractivity contribution in [2.24, 2.45) is 0 Å². The van der Waals surface area contributed by atoms with E-state index in [4.69, 9.17) is 9.16 Å². The maximum Gasteiger partial charge on any atom is 0.350 e. The minimum atomic E-state index is -2.91. The van der Waals surface area contributed by atoms with Crippen LogP contribution in [0.5, 0.6) is 0 Å². The van der Waals surface area contributed by atoms with Crippen LogP contribution in [-0.2, 0) is 14.0 Å². The van der Waals surface area contributed by atoms with Gasteiger partial charge in [0.25, 0.3) is 8.32 Å². The van der Waals surface area contributed by atoms with Crippen molar-refractivity contribution >= 4 is 24.7 Å². The summed E-state index contributed by atoms with van der Waals surface area (Å²) >= 11 is 0. The van der Waals surface area contributed by atoms with Gasteiger partial charge in [0, 0.05) is 19.1 Å². The Morgan fingerprint density at radius 2 is 1.48 bits per heavy atom. The molecule has 2 aromatic carbocycles. The molecule has 1 aliphatic heterocycles. The van der Waals surface area contributed by atoms with E-state index in [0.29, 0.717) is 6.04 Å². The third kappa shape index (κ3) is 5.75. The van der Waals surface area contributed by atoms with Crippen LogP contribution in [0.3, 0.4) is 0 Å². The van der Waals surface area contributed by atoms with E-state index in [1.807, 2.05) is 40.0 Å². The first-order valence-electron chi connectivity index (χ1n) is 11.9. The summed E-state index contributed by atoms with van der Waals surface area (Å²) in [6, 6.07) is 21.2. The molecule has 1 heterocycles. The average molecular weight is 469 g/mol. The molecule has 180 valence electrons. The number of hydrogen-bond acceptors (Lipinski definition) is 5. The van der Waals surface area contributed by atoms with Crippen LogP contribution in [0.25, 0.3) is 0 Å². The first-order chi connectivity index (χ1) is 15.5. The third-order valence-corrected chi connectivity index (χ3v) is 11.3. The van der Waals surface area contributed by atoms with Gasteiger partial charge in [-0.05, 0) is 49.7 Å². The molecule has 1 unspecified atom stereocenters. The van der Waals surface area contributed by atoms with Gasteiger partial charge in [0.05, 0.1) is 0 Å². The van der Waals surface area contributed by atoms with Crippen molar-refractivity contribution in [3.63, 3.8) is 0 Å². The van der Waals surface area contributed by atoms with Crippen LogP contribution in [0, 0.1) is 0 Å². The van der Waals surface area contributed by atoms with Crippen molar-refractivity contribution < 1.29 is 14.0 Å². The van der Waals surface area contributed by atoms with E-state index >= 15 is 0 Å². The predicted molar refractivity (Wildman–Crippen MR) is 137 cm³/mol. The van der Waals surface area contributed by atoms with Gasteiger partial charge in [0.2, 0.25) is 6.23 Å². The number of esters is 1. The second kappa shape index (κ2) is 10.1. The fourth-order valence-electron chi connectivity index (χ4n) is 4.72. The van der Waals surface area contributed by atoms with E-state index in [0.717, 1.165) is 29.9 Å². The summed E-state index contributed by atoms with van der Waals surface area (Å²) in [5.74, 6) is -0.313. The highest BCUT2D eigenvalue weighted by atomic mass is 28.4. The summed E-state index contributed by atoms with van der Waals surface area (Å²) in [6.07, 6.45) is 0.203. The maximum atomic E-state index is 13.6. The van der Waals surface area contributed by atoms with Gasteiger partial charge in [-0.1, -0.05) is 81.4 Å². The minimum Gasteiger partial charge on any atom is -0.457 e. The topological polar surface area (TPSA) is 50.8 Å². The fourth-order valence-corrected chi connectivity index (χ4v) is 9.31. The lowest BCUT2D eigenvalue weighted by Gasteiger charge is -2.46. The average Bonchev–Trinajstić information content (AvgIpc) is 3.22. The van der Waals surface area contributed by atoms with Gasteiger partial charge in [-0.15, -0.1) is 0 Å². The molecule has 1 N–H and O–H groups in total. The van der Waals surface area contributed by atoms with E-state index in [-0.39, 0.29) is 11.0 Å². The lowest BCUT2D eigenvalue weighted by atomic mass is 10.2. The summed E-state index contributed by atoms with van der Waals surface area (Å²) < 4.78 is 13.1. The normalized spacial score (nSPS) is 18.8. The molecule has 33 heavy (non-hydrogen) atoms. The standard InChI is InChI=1S/C27H40N2O3Si/c1-26(2,3)31-25(30)24(29-19-18-21(20-29)28-7)32-33(27(4,5)6,22-14-10-8-11-15-22)23-16-12-9-13-17-23/h8-17,21,24,28H,18-20H2,1-7H3/t21?,24-/m0/s1. The van der Waals surface area contributed by atoms with Crippen LogP contribution in [-0.4, -0.2) is 57.2 Å². The molecular weight excluding hydrogens is 428 g/mol. The molecule has 2 atom stereocenters. The zero-order valence-electron chi connectivity index (χ0n) is 21.2. The van der Waals surface area contributed by atoms with E-state index in [1.165, 1.54) is 0 Å². The van der Waals surface area contributed by atoms with Gasteiger partial charge in [0.15, 0.2) is 0 Å². The molecule has 5 nitrogen and oxygen atoms in total. The predicted octanol–water partition coefficient (Wildman–Crippen LogP) is 3.52. The molecule has 0 aromatic heterocycles. The Balaban J connectivity index is 2.15. The zero-order valence-corrected chi connectivity index (χ0v) is 22.2. The summed E-state index contributed by atoms with van der Waals surface area (Å²) in [6.45, 7) is 13.9. The summed E-state index contributed by atoms with van der Waals surface area (Å²) in [7, 11) is -0.941. The Morgan fingerprint density at radius 1 is 0.970 bits per heavy atom. The van der Waals surface area contributed by atoms with Crippen LogP contribution in [0.4, 0.5) is 0 Å². The highest BCUT2D eigenvalue weighted by Gasteiger charge is 2.54. The Morgan fingerprint density at radius 3 is 1.88 bits per heavy atom. The number of carbonyl (C=O) groups is 1. The summed E-state index contributed by atoms with van der Waals surface area (Å²) in [4.78, 5) is 15.8. The molecule has 3 rings (SSSR count). The van der Waals surface area contributed by atoms with Crippen molar-refractivity contribution in [1.29, 1.82) is 0 Å². The number of rotatable bonds is 7.